The van der Waals surface area contributed by atoms with Gasteiger partial charge in [0.15, 0.2) is 0 Å². The molecule has 0 heterocycles. The highest BCUT2D eigenvalue weighted by Gasteiger charge is 2.23. The van der Waals surface area contributed by atoms with Crippen LogP contribution in [0.5, 0.6) is 0 Å². The lowest BCUT2D eigenvalue weighted by Crippen LogP contribution is -2.45. The van der Waals surface area contributed by atoms with Crippen LogP contribution < -0.4 is 10.2 Å². The lowest BCUT2D eigenvalue weighted by Gasteiger charge is -2.29. The van der Waals surface area contributed by atoms with Crippen LogP contribution in [-0.4, -0.2) is 68.5 Å². The monoisotopic (exact) mass is 795 g/mol. The summed E-state index contributed by atoms with van der Waals surface area (Å²) in [6.45, 7) is 4.59. The number of hydrogen-bond donors (Lipinski definition) is 2. The number of allylic oxidation sites excluding steroid dienone is 7. The number of nitrogens with zero attached hydrogens (tertiary/aromatic N) is 1. The largest absolute Gasteiger partial charge is 0.756 e. The van der Waals surface area contributed by atoms with Crippen molar-refractivity contribution in [1.29, 1.82) is 0 Å². The molecule has 1 amide bonds. The maximum Gasteiger partial charge on any atom is 0.268 e. The van der Waals surface area contributed by atoms with E-state index in [1.54, 1.807) is 6.08 Å². The molecular formula is C46H87N2O6P. The molecule has 322 valence electrons. The van der Waals surface area contributed by atoms with Crippen molar-refractivity contribution in [2.75, 3.05) is 40.9 Å². The quantitative estimate of drug-likeness (QED) is 0.0277. The lowest BCUT2D eigenvalue weighted by molar-refractivity contribution is -0.870. The topological polar surface area (TPSA) is 108 Å². The third-order valence-corrected chi connectivity index (χ3v) is 10.7. The maximum atomic E-state index is 12.8. The van der Waals surface area contributed by atoms with Gasteiger partial charge in [-0.15, -0.1) is 0 Å². The van der Waals surface area contributed by atoms with E-state index >= 15 is 0 Å². The lowest BCUT2D eigenvalue weighted by atomic mass is 10.1. The van der Waals surface area contributed by atoms with E-state index in [0.29, 0.717) is 17.4 Å². The summed E-state index contributed by atoms with van der Waals surface area (Å²) < 4.78 is 23.2. The Morgan fingerprint density at radius 2 is 1.02 bits per heavy atom. The normalized spacial score (nSPS) is 14.8. The van der Waals surface area contributed by atoms with E-state index in [0.717, 1.165) is 44.9 Å². The first-order valence-electron chi connectivity index (χ1n) is 22.5. The van der Waals surface area contributed by atoms with Crippen LogP contribution >= 0.6 is 7.82 Å². The van der Waals surface area contributed by atoms with Gasteiger partial charge in [0, 0.05) is 6.42 Å². The van der Waals surface area contributed by atoms with Crippen LogP contribution in [0.25, 0.3) is 0 Å². The number of carbonyl (C=O) groups excluding carboxylic acids is 1. The Morgan fingerprint density at radius 3 is 1.49 bits per heavy atom. The van der Waals surface area contributed by atoms with Crippen molar-refractivity contribution in [2.24, 2.45) is 0 Å². The smallest absolute Gasteiger partial charge is 0.268 e. The van der Waals surface area contributed by atoms with Gasteiger partial charge in [-0.2, -0.15) is 0 Å². The Labute approximate surface area is 339 Å². The molecule has 0 aromatic rings. The average Bonchev–Trinajstić information content (AvgIpc) is 3.13. The molecule has 8 nitrogen and oxygen atoms in total. The van der Waals surface area contributed by atoms with Crippen LogP contribution in [0.15, 0.2) is 48.6 Å². The Bertz CT molecular complexity index is 1040. The van der Waals surface area contributed by atoms with Crippen molar-refractivity contribution < 1.29 is 32.9 Å². The summed E-state index contributed by atoms with van der Waals surface area (Å²) in [5.41, 5.74) is 0. The Kier molecular flexibility index (Phi) is 36.9. The molecule has 3 unspecified atom stereocenters. The summed E-state index contributed by atoms with van der Waals surface area (Å²) in [6, 6.07) is -0.911. The molecule has 0 saturated carbocycles. The van der Waals surface area contributed by atoms with Gasteiger partial charge in [-0.25, -0.2) is 0 Å². The molecule has 3 atom stereocenters. The zero-order chi connectivity index (χ0) is 40.7. The highest BCUT2D eigenvalue weighted by molar-refractivity contribution is 7.45. The molecule has 0 aliphatic rings. The second kappa shape index (κ2) is 38.0. The number of amides is 1. The highest BCUT2D eigenvalue weighted by atomic mass is 31.2. The molecule has 0 bridgehead atoms. The van der Waals surface area contributed by atoms with E-state index < -0.39 is 26.6 Å². The van der Waals surface area contributed by atoms with E-state index in [-0.39, 0.29) is 12.5 Å². The first-order chi connectivity index (χ1) is 26.5. The summed E-state index contributed by atoms with van der Waals surface area (Å²) in [6.07, 6.45) is 47.3. The van der Waals surface area contributed by atoms with Crippen molar-refractivity contribution in [3.05, 3.63) is 48.6 Å². The van der Waals surface area contributed by atoms with E-state index in [1.165, 1.54) is 122 Å². The number of phosphoric acid groups is 1. The third-order valence-electron chi connectivity index (χ3n) is 9.74. The van der Waals surface area contributed by atoms with Gasteiger partial charge in [-0.3, -0.25) is 9.36 Å². The molecule has 0 radical (unpaired) electrons. The van der Waals surface area contributed by atoms with Gasteiger partial charge in [-0.1, -0.05) is 159 Å². The van der Waals surface area contributed by atoms with Crippen LogP contribution in [0, 0.1) is 0 Å². The highest BCUT2D eigenvalue weighted by Crippen LogP contribution is 2.38. The number of carbonyl (C=O) groups is 1. The number of unbranched alkanes of at least 4 members (excludes halogenated alkanes) is 21. The number of aliphatic hydroxyl groups excluding tert-OH is 1. The molecule has 2 N–H and O–H groups in total. The fraction of sp³-hybridized carbons (Fsp3) is 0.804. The minimum Gasteiger partial charge on any atom is -0.756 e. The molecule has 55 heavy (non-hydrogen) atoms. The molecule has 0 aliphatic carbocycles. The molecule has 9 heteroatoms. The first-order valence-corrected chi connectivity index (χ1v) is 24.0. The predicted octanol–water partition coefficient (Wildman–Crippen LogP) is 11.8. The number of nitrogens with one attached hydrogen (secondary N) is 1. The van der Waals surface area contributed by atoms with Crippen molar-refractivity contribution in [3.8, 4) is 0 Å². The molecule has 0 fully saturated rings. The summed E-state index contributed by atoms with van der Waals surface area (Å²) in [5, 5.41) is 13.7. The summed E-state index contributed by atoms with van der Waals surface area (Å²) in [4.78, 5) is 25.3. The number of phosphoric ester groups is 1. The van der Waals surface area contributed by atoms with Gasteiger partial charge >= 0.3 is 0 Å². The Hall–Kier alpha value is -1.54. The molecule has 0 spiro atoms. The zero-order valence-electron chi connectivity index (χ0n) is 36.4. The van der Waals surface area contributed by atoms with Crippen molar-refractivity contribution in [2.45, 2.75) is 199 Å². The van der Waals surface area contributed by atoms with Gasteiger partial charge in [0.25, 0.3) is 7.82 Å². The molecule has 0 aliphatic heterocycles. The van der Waals surface area contributed by atoms with Gasteiger partial charge in [-0.05, 0) is 70.6 Å². The molecule has 0 saturated heterocycles. The maximum absolute atomic E-state index is 12.8. The molecule has 0 aromatic carbocycles. The van der Waals surface area contributed by atoms with E-state index in [2.05, 4.69) is 55.6 Å². The fourth-order valence-electron chi connectivity index (χ4n) is 6.12. The predicted molar refractivity (Wildman–Crippen MR) is 233 cm³/mol. The minimum atomic E-state index is -4.60. The number of likely N-dealkylation sites (N-methyl/N-ethyl adjacent to an activating group) is 1. The van der Waals surface area contributed by atoms with Crippen LogP contribution in [-0.2, 0) is 18.4 Å². The number of hydrogen-bond acceptors (Lipinski definition) is 6. The second-order valence-electron chi connectivity index (χ2n) is 16.4. The van der Waals surface area contributed by atoms with Gasteiger partial charge in [0.2, 0.25) is 5.91 Å². The molecular weight excluding hydrogens is 707 g/mol. The van der Waals surface area contributed by atoms with E-state index in [4.69, 9.17) is 9.05 Å². The Balaban J connectivity index is 4.52. The SMILES string of the molecule is CCCCCC/C=C\CCCCCCCCCC(=O)NC(COP(=O)([O-])OCC[N+](C)(C)C)C(O)/C=C/CC/C=C/CC/C=C/CCCCCCCCCC. The van der Waals surface area contributed by atoms with Crippen LogP contribution in [0.4, 0.5) is 0 Å². The number of rotatable bonds is 40. The fourth-order valence-corrected chi connectivity index (χ4v) is 6.84. The summed E-state index contributed by atoms with van der Waals surface area (Å²) >= 11 is 0. The molecule has 0 aromatic heterocycles. The standard InChI is InChI=1S/C46H87N2O6P/c1-6-8-10-12-14-16-18-20-22-23-24-26-27-29-31-33-35-37-39-45(49)44(43-54-55(51,52)53-42-41-48(3,4)5)47-46(50)40-38-36-34-32-30-28-25-21-19-17-15-13-11-9-7-2/h17,19,23-24,29,31,37,39,44-45,49H,6-16,18,20-22,25-28,30,32-36,38,40-43H2,1-5H3,(H-,47,50,51,52)/b19-17-,24-23+,31-29+,39-37+. The molecule has 0 rings (SSSR count). The first kappa shape index (κ1) is 53.5. The van der Waals surface area contributed by atoms with Gasteiger partial charge in [0.1, 0.15) is 13.2 Å². The van der Waals surface area contributed by atoms with Crippen molar-refractivity contribution in [3.63, 3.8) is 0 Å². The number of quaternary nitrogens is 1. The number of aliphatic hydroxyl groups is 1. The second-order valence-corrected chi connectivity index (χ2v) is 17.8. The van der Waals surface area contributed by atoms with E-state index in [9.17, 15) is 19.4 Å². The van der Waals surface area contributed by atoms with Crippen molar-refractivity contribution >= 4 is 13.7 Å². The minimum absolute atomic E-state index is 0.0108. The summed E-state index contributed by atoms with van der Waals surface area (Å²) in [5.74, 6) is -0.219. The van der Waals surface area contributed by atoms with Crippen LogP contribution in [0.3, 0.4) is 0 Å². The van der Waals surface area contributed by atoms with Crippen LogP contribution in [0.2, 0.25) is 0 Å². The van der Waals surface area contributed by atoms with Gasteiger partial charge in [0.05, 0.1) is 39.9 Å². The summed E-state index contributed by atoms with van der Waals surface area (Å²) in [7, 11) is 1.23. The average molecular weight is 795 g/mol. The van der Waals surface area contributed by atoms with Gasteiger partial charge < -0.3 is 28.8 Å². The van der Waals surface area contributed by atoms with Crippen LogP contribution in [0.1, 0.15) is 187 Å². The Morgan fingerprint density at radius 1 is 0.618 bits per heavy atom. The third kappa shape index (κ3) is 40.5. The zero-order valence-corrected chi connectivity index (χ0v) is 37.3. The van der Waals surface area contributed by atoms with Crippen molar-refractivity contribution in [1.82, 2.24) is 5.32 Å². The van der Waals surface area contributed by atoms with E-state index in [1.807, 2.05) is 27.2 Å².